The molecule has 282 valence electrons. The number of hydrogen-bond acceptors (Lipinski definition) is 2. The van der Waals surface area contributed by atoms with Crippen molar-refractivity contribution >= 4 is 49.8 Å². The summed E-state index contributed by atoms with van der Waals surface area (Å²) in [4.78, 5) is 2.33. The molecule has 0 amide bonds. The van der Waals surface area contributed by atoms with E-state index in [9.17, 15) is 0 Å². The minimum absolute atomic E-state index is 0.906. The molecule has 1 heterocycles. The Morgan fingerprint density at radius 2 is 0.700 bits per heavy atom. The average molecular weight is 766 g/mol. The maximum Gasteiger partial charge on any atom is 0.143 e. The Bertz CT molecular complexity index is 3280. The second-order valence-corrected chi connectivity index (χ2v) is 15.3. The molecular weight excluding hydrogens is 727 g/mol. The van der Waals surface area contributed by atoms with Crippen molar-refractivity contribution < 1.29 is 4.42 Å². The number of furan rings is 1. The highest BCUT2D eigenvalue weighted by atomic mass is 16.3. The zero-order valence-corrected chi connectivity index (χ0v) is 32.9. The molecule has 11 rings (SSSR count). The van der Waals surface area contributed by atoms with Crippen LogP contribution < -0.4 is 4.90 Å². The lowest BCUT2D eigenvalue weighted by molar-refractivity contribution is 0.670. The van der Waals surface area contributed by atoms with Crippen LogP contribution in [0, 0.1) is 0 Å². The van der Waals surface area contributed by atoms with Crippen molar-refractivity contribution in [3.63, 3.8) is 0 Å². The van der Waals surface area contributed by atoms with Crippen molar-refractivity contribution in [3.05, 3.63) is 237 Å². The number of anilines is 3. The summed E-state index contributed by atoms with van der Waals surface area (Å²) < 4.78 is 6.41. The maximum absolute atomic E-state index is 6.41. The minimum atomic E-state index is 0.906. The van der Waals surface area contributed by atoms with Crippen LogP contribution in [-0.4, -0.2) is 0 Å². The van der Waals surface area contributed by atoms with Crippen LogP contribution in [0.2, 0.25) is 0 Å². The van der Waals surface area contributed by atoms with Crippen LogP contribution >= 0.6 is 0 Å². The molecule has 0 radical (unpaired) electrons. The van der Waals surface area contributed by atoms with Crippen molar-refractivity contribution in [3.8, 4) is 55.6 Å². The predicted octanol–water partition coefficient (Wildman–Crippen LogP) is 16.5. The van der Waals surface area contributed by atoms with Crippen LogP contribution in [-0.2, 0) is 0 Å². The van der Waals surface area contributed by atoms with Gasteiger partial charge in [0.05, 0.1) is 0 Å². The second kappa shape index (κ2) is 15.1. The smallest absolute Gasteiger partial charge is 0.143 e. The molecule has 0 fully saturated rings. The summed E-state index contributed by atoms with van der Waals surface area (Å²) in [6.45, 7) is 0. The Kier molecular flexibility index (Phi) is 8.87. The lowest BCUT2D eigenvalue weighted by Gasteiger charge is -2.26. The van der Waals surface area contributed by atoms with Crippen LogP contribution in [0.25, 0.3) is 88.3 Å². The molecule has 10 aromatic carbocycles. The number of benzene rings is 10. The predicted molar refractivity (Wildman–Crippen MR) is 253 cm³/mol. The number of rotatable bonds is 8. The highest BCUT2D eigenvalue weighted by molar-refractivity contribution is 6.09. The largest absolute Gasteiger partial charge is 0.455 e. The number of nitrogens with zero attached hydrogens (tertiary/aromatic N) is 1. The standard InChI is InChI=1S/C58H39NO/c1-2-12-40(13-3-1)41-26-32-49(33-27-41)59(51-36-30-44(31-37-51)54-23-11-24-56-55-21-6-7-25-57(55)60-58(54)56)50-34-28-42(29-35-50)45-16-8-17-46(38-45)47-18-9-19-48(39-47)53-22-10-15-43-14-4-5-20-52(43)53/h1-39H. The van der Waals surface area contributed by atoms with E-state index in [2.05, 4.69) is 229 Å². The van der Waals surface area contributed by atoms with Gasteiger partial charge in [-0.1, -0.05) is 182 Å². The zero-order valence-electron chi connectivity index (χ0n) is 32.9. The lowest BCUT2D eigenvalue weighted by Crippen LogP contribution is -2.09. The molecule has 0 aliphatic carbocycles. The van der Waals surface area contributed by atoms with Gasteiger partial charge in [-0.25, -0.2) is 0 Å². The highest BCUT2D eigenvalue weighted by Crippen LogP contribution is 2.40. The molecule has 60 heavy (non-hydrogen) atoms. The Balaban J connectivity index is 0.935. The molecule has 0 bridgehead atoms. The van der Waals surface area contributed by atoms with Gasteiger partial charge in [-0.15, -0.1) is 0 Å². The number of fused-ring (bicyclic) bond motifs is 4. The summed E-state index contributed by atoms with van der Waals surface area (Å²) in [5.41, 5.74) is 16.8. The molecular formula is C58H39NO. The van der Waals surface area contributed by atoms with Crippen molar-refractivity contribution in [2.24, 2.45) is 0 Å². The molecule has 0 spiro atoms. The van der Waals surface area contributed by atoms with Gasteiger partial charge < -0.3 is 9.32 Å². The molecule has 11 aromatic rings. The molecule has 0 saturated carbocycles. The van der Waals surface area contributed by atoms with Crippen molar-refractivity contribution in [2.75, 3.05) is 4.90 Å². The van der Waals surface area contributed by atoms with Gasteiger partial charge in [0.2, 0.25) is 0 Å². The molecule has 2 nitrogen and oxygen atoms in total. The Labute approximate surface area is 349 Å². The first-order valence-corrected chi connectivity index (χ1v) is 20.5. The Morgan fingerprint density at radius 1 is 0.267 bits per heavy atom. The number of hydrogen-bond donors (Lipinski definition) is 0. The first kappa shape index (κ1) is 35.2. The van der Waals surface area contributed by atoms with Crippen molar-refractivity contribution in [1.29, 1.82) is 0 Å². The lowest BCUT2D eigenvalue weighted by atomic mass is 9.94. The maximum atomic E-state index is 6.41. The highest BCUT2D eigenvalue weighted by Gasteiger charge is 2.16. The van der Waals surface area contributed by atoms with E-state index in [0.717, 1.165) is 50.1 Å². The van der Waals surface area contributed by atoms with Gasteiger partial charge in [-0.2, -0.15) is 0 Å². The molecule has 0 aliphatic heterocycles. The van der Waals surface area contributed by atoms with Gasteiger partial charge in [0.15, 0.2) is 0 Å². The van der Waals surface area contributed by atoms with Gasteiger partial charge in [0, 0.05) is 33.4 Å². The summed E-state index contributed by atoms with van der Waals surface area (Å²) in [5.74, 6) is 0. The van der Waals surface area contributed by atoms with E-state index < -0.39 is 0 Å². The molecule has 0 aliphatic rings. The zero-order chi connectivity index (χ0) is 39.8. The quantitative estimate of drug-likeness (QED) is 0.153. The molecule has 0 N–H and O–H groups in total. The second-order valence-electron chi connectivity index (χ2n) is 15.3. The summed E-state index contributed by atoms with van der Waals surface area (Å²) in [6, 6.07) is 84.8. The van der Waals surface area contributed by atoms with Gasteiger partial charge in [0.1, 0.15) is 11.2 Å². The van der Waals surface area contributed by atoms with E-state index in [0.29, 0.717) is 0 Å². The third-order valence-electron chi connectivity index (χ3n) is 11.7. The van der Waals surface area contributed by atoms with Crippen molar-refractivity contribution in [1.82, 2.24) is 0 Å². The third kappa shape index (κ3) is 6.51. The summed E-state index contributed by atoms with van der Waals surface area (Å²) in [7, 11) is 0. The van der Waals surface area contributed by atoms with Gasteiger partial charge >= 0.3 is 0 Å². The Hall–Kier alpha value is -7.94. The van der Waals surface area contributed by atoms with E-state index in [4.69, 9.17) is 4.42 Å². The number of para-hydroxylation sites is 2. The normalized spacial score (nSPS) is 11.3. The molecule has 2 heteroatoms. The van der Waals surface area contributed by atoms with E-state index in [-0.39, 0.29) is 0 Å². The molecule has 0 atom stereocenters. The van der Waals surface area contributed by atoms with Crippen LogP contribution in [0.15, 0.2) is 241 Å². The van der Waals surface area contributed by atoms with Gasteiger partial charge in [-0.3, -0.25) is 0 Å². The first-order valence-electron chi connectivity index (χ1n) is 20.5. The van der Waals surface area contributed by atoms with Gasteiger partial charge in [-0.05, 0) is 115 Å². The third-order valence-corrected chi connectivity index (χ3v) is 11.7. The van der Waals surface area contributed by atoms with E-state index in [1.54, 1.807) is 0 Å². The first-order chi connectivity index (χ1) is 29.7. The van der Waals surface area contributed by atoms with Crippen molar-refractivity contribution in [2.45, 2.75) is 0 Å². The van der Waals surface area contributed by atoms with Crippen LogP contribution in [0.4, 0.5) is 17.1 Å². The van der Waals surface area contributed by atoms with E-state index in [1.807, 2.05) is 12.1 Å². The van der Waals surface area contributed by atoms with Crippen LogP contribution in [0.5, 0.6) is 0 Å². The SMILES string of the molecule is c1ccc(-c2ccc(N(c3ccc(-c4cccc(-c5cccc(-c6cccc7ccccc67)c5)c4)cc3)c3ccc(-c4cccc5c4oc4ccccc45)cc3)cc2)cc1. The fraction of sp³-hybridized carbons (Fsp3) is 0. The summed E-state index contributed by atoms with van der Waals surface area (Å²) in [5, 5.41) is 4.79. The monoisotopic (exact) mass is 765 g/mol. The summed E-state index contributed by atoms with van der Waals surface area (Å²) >= 11 is 0. The fourth-order valence-electron chi connectivity index (χ4n) is 8.67. The topological polar surface area (TPSA) is 16.4 Å². The minimum Gasteiger partial charge on any atom is -0.455 e. The Morgan fingerprint density at radius 3 is 1.40 bits per heavy atom. The van der Waals surface area contributed by atoms with Gasteiger partial charge in [0.25, 0.3) is 0 Å². The van der Waals surface area contributed by atoms with E-state index in [1.165, 1.54) is 55.3 Å². The average Bonchev–Trinajstić information content (AvgIpc) is 3.72. The van der Waals surface area contributed by atoms with Crippen LogP contribution in [0.1, 0.15) is 0 Å². The van der Waals surface area contributed by atoms with E-state index >= 15 is 0 Å². The van der Waals surface area contributed by atoms with Crippen LogP contribution in [0.3, 0.4) is 0 Å². The fourth-order valence-corrected chi connectivity index (χ4v) is 8.67. The molecule has 1 aromatic heterocycles. The molecule has 0 saturated heterocycles. The summed E-state index contributed by atoms with van der Waals surface area (Å²) in [6.07, 6.45) is 0. The molecule has 0 unspecified atom stereocenters.